The smallest absolute Gasteiger partial charge is 0.410 e. The molecule has 27 heteroatoms. The van der Waals surface area contributed by atoms with Gasteiger partial charge in [-0.05, 0) is 105 Å². The molecule has 0 radical (unpaired) electrons. The van der Waals surface area contributed by atoms with Crippen LogP contribution >= 0.6 is 0 Å². The number of nitrogens with zero attached hydrogens (tertiary/aromatic N) is 4. The lowest BCUT2D eigenvalue weighted by atomic mass is 9.83. The van der Waals surface area contributed by atoms with Crippen LogP contribution in [0.3, 0.4) is 0 Å². The van der Waals surface area contributed by atoms with Gasteiger partial charge in [0.2, 0.25) is 29.5 Å². The van der Waals surface area contributed by atoms with E-state index in [9.17, 15) is 52.7 Å². The summed E-state index contributed by atoms with van der Waals surface area (Å²) in [6.07, 6.45) is 5.98. The van der Waals surface area contributed by atoms with Crippen LogP contribution in [0.4, 0.5) is 15.3 Å². The highest BCUT2D eigenvalue weighted by molar-refractivity contribution is 6.12. The highest BCUT2D eigenvalue weighted by Crippen LogP contribution is 2.32. The summed E-state index contributed by atoms with van der Waals surface area (Å²) < 4.78 is 34.3. The minimum absolute atomic E-state index is 0.106. The van der Waals surface area contributed by atoms with Crippen LogP contribution in [0.2, 0.25) is 0 Å². The van der Waals surface area contributed by atoms with Crippen molar-refractivity contribution in [3.63, 3.8) is 0 Å². The number of hydrogen-bond acceptors (Lipinski definition) is 18. The SMILES string of the molecule is CC[C@H](C)[C@@H]([C@@H](CC(=O)N1CCC[C@H]1[C@H](OC)[C@@H](C)C(=O)N[C@@H](Cc1ccccc1)C(=O)OCCCCCOCCOC)OC)N(C)C(=O)[C@@H](CC(=O)[C@H](C(C)C)N(C)C(=O)OCc1ccc(NC(=O)[C@H](CCCNC(N)=O)CC(=O)[C@@H](NC(=O)CCCCCN2C(=O)C=CC2=O)C(C)C)cc1)C(C)C. The average Bonchev–Trinajstić information content (AvgIpc) is 1.71. The molecular weight excluding hydrogens is 1350 g/mol. The quantitative estimate of drug-likeness (QED) is 0.0237. The second-order valence-corrected chi connectivity index (χ2v) is 28.8. The molecule has 105 heavy (non-hydrogen) atoms. The number of rotatable bonds is 50. The number of unbranched alkanes of at least 4 members (excludes halogenated alkanes) is 4. The Morgan fingerprint density at radius 1 is 0.667 bits per heavy atom. The fraction of sp³-hybridized carbons (Fsp3) is 0.667. The molecule has 1 fully saturated rings. The van der Waals surface area contributed by atoms with Crippen LogP contribution in [-0.2, 0) is 89.4 Å². The van der Waals surface area contributed by atoms with Gasteiger partial charge in [0.15, 0.2) is 11.6 Å². The molecule has 0 spiro atoms. The Morgan fingerprint density at radius 2 is 1.33 bits per heavy atom. The van der Waals surface area contributed by atoms with Crippen molar-refractivity contribution in [2.75, 3.05) is 86.8 Å². The molecule has 4 rings (SSSR count). The van der Waals surface area contributed by atoms with E-state index in [0.29, 0.717) is 89.0 Å². The number of esters is 1. The van der Waals surface area contributed by atoms with Crippen LogP contribution in [-0.4, -0.2) is 215 Å². The molecule has 11 atom stereocenters. The fourth-order valence-corrected chi connectivity index (χ4v) is 13.7. The molecule has 2 aromatic carbocycles. The topological polar surface area (TPSA) is 347 Å². The Hall–Kier alpha value is -8.14. The van der Waals surface area contributed by atoms with Gasteiger partial charge in [0.05, 0.1) is 68.5 Å². The molecule has 586 valence electrons. The number of nitrogens with one attached hydrogen (secondary N) is 4. The van der Waals surface area contributed by atoms with E-state index in [2.05, 4.69) is 21.3 Å². The van der Waals surface area contributed by atoms with Gasteiger partial charge in [-0.2, -0.15) is 0 Å². The standard InChI is InChI=1S/C78H121N9O18/c1-15-53(8)71(64(101-13)48-68(93)86-40-26-30-61(86)72(102-14)54(9)73(94)82-60(45-55-27-19-16-20-28-55)76(97)104-42-24-18-23-41-103-44-43-100-12)84(10)75(96)59(50(2)3)47-63(89)70(52(6)7)85(11)78(99)105-49-56-32-34-58(35-33-56)81-74(95)57(29-25-38-80-77(79)98)46-62(88)69(51(4)5)83-65(90)31-21-17-22-39-87-66(91)36-37-67(87)92/h16,19-20,27-28,32-37,50-54,57,59-61,64,69-72H,15,17-18,21-26,29-31,38-49H2,1-14H3,(H,81,95)(H,82,94)(H,83,90)(H3,79,80,98)/t53-,54+,57+,59-,60-,61-,64+,69-,70-,71-,72+/m0/s1. The first-order chi connectivity index (χ1) is 50.0. The van der Waals surface area contributed by atoms with Crippen molar-refractivity contribution in [2.24, 2.45) is 47.2 Å². The number of primary amides is 1. The van der Waals surface area contributed by atoms with Crippen molar-refractivity contribution in [2.45, 2.75) is 214 Å². The Balaban J connectivity index is 1.38. The Bertz CT molecular complexity index is 3130. The number of urea groups is 1. The van der Waals surface area contributed by atoms with Gasteiger partial charge in [-0.15, -0.1) is 0 Å². The van der Waals surface area contributed by atoms with E-state index in [4.69, 9.17) is 34.2 Å². The number of likely N-dealkylation sites (N-methyl/N-ethyl adjacent to an activating group) is 2. The zero-order valence-electron chi connectivity index (χ0n) is 64.6. The van der Waals surface area contributed by atoms with E-state index in [1.807, 2.05) is 58.0 Å². The zero-order chi connectivity index (χ0) is 77.9. The van der Waals surface area contributed by atoms with Crippen LogP contribution in [0.1, 0.15) is 170 Å². The maximum atomic E-state index is 15.0. The largest absolute Gasteiger partial charge is 0.464 e. The van der Waals surface area contributed by atoms with Gasteiger partial charge in [0.1, 0.15) is 12.6 Å². The lowest BCUT2D eigenvalue weighted by Crippen LogP contribution is -2.55. The summed E-state index contributed by atoms with van der Waals surface area (Å²) in [5.41, 5.74) is 7.04. The lowest BCUT2D eigenvalue weighted by Gasteiger charge is -2.41. The number of carbonyl (C=O) groups is 12. The number of benzene rings is 2. The summed E-state index contributed by atoms with van der Waals surface area (Å²) >= 11 is 0. The number of amides is 10. The molecule has 0 aliphatic carbocycles. The van der Waals surface area contributed by atoms with E-state index in [-0.39, 0.29) is 124 Å². The summed E-state index contributed by atoms with van der Waals surface area (Å²) in [6, 6.07) is 11.1. The number of hydrogen-bond donors (Lipinski definition) is 5. The predicted octanol–water partition coefficient (Wildman–Crippen LogP) is 8.12. The number of carbonyl (C=O) groups excluding carboxylic acids is 12. The number of Topliss-reactive ketones (excluding diaryl/α,β-unsaturated/α-hetero) is 2. The molecule has 6 N–H and O–H groups in total. The Kier molecular flexibility index (Phi) is 39.7. The average molecular weight is 1470 g/mol. The predicted molar refractivity (Wildman–Crippen MR) is 396 cm³/mol. The van der Waals surface area contributed by atoms with Gasteiger partial charge < -0.3 is 70.1 Å². The normalized spacial score (nSPS) is 16.5. The molecule has 0 saturated carbocycles. The van der Waals surface area contributed by atoms with Crippen molar-refractivity contribution in [3.8, 4) is 0 Å². The monoisotopic (exact) mass is 1470 g/mol. The summed E-state index contributed by atoms with van der Waals surface area (Å²) in [5.74, 6) is -7.55. The maximum Gasteiger partial charge on any atom is 0.410 e. The van der Waals surface area contributed by atoms with E-state index in [1.54, 1.807) is 82.8 Å². The molecule has 0 bridgehead atoms. The fourth-order valence-electron chi connectivity index (χ4n) is 13.7. The van der Waals surface area contributed by atoms with Crippen molar-refractivity contribution in [1.82, 2.24) is 35.6 Å². The van der Waals surface area contributed by atoms with Crippen molar-refractivity contribution in [3.05, 3.63) is 77.9 Å². The molecule has 10 amide bonds. The van der Waals surface area contributed by atoms with Crippen LogP contribution in [0.15, 0.2) is 66.7 Å². The summed E-state index contributed by atoms with van der Waals surface area (Å²) in [4.78, 5) is 168. The molecular formula is C78H121N9O18. The first-order valence-electron chi connectivity index (χ1n) is 37.4. The van der Waals surface area contributed by atoms with E-state index < -0.39 is 96.0 Å². The number of ether oxygens (including phenoxy) is 6. The maximum absolute atomic E-state index is 15.0. The van der Waals surface area contributed by atoms with Crippen molar-refractivity contribution in [1.29, 1.82) is 0 Å². The third kappa shape index (κ3) is 29.3. The summed E-state index contributed by atoms with van der Waals surface area (Å²) in [7, 11) is 7.77. The second-order valence-electron chi connectivity index (χ2n) is 28.8. The number of methoxy groups -OCH3 is 3. The number of likely N-dealkylation sites (tertiary alicyclic amines) is 1. The summed E-state index contributed by atoms with van der Waals surface area (Å²) in [5, 5.41) is 11.1. The zero-order valence-corrected chi connectivity index (χ0v) is 64.6. The van der Waals surface area contributed by atoms with E-state index >= 15 is 4.79 Å². The van der Waals surface area contributed by atoms with Gasteiger partial charge in [0, 0.05) is 117 Å². The van der Waals surface area contributed by atoms with E-state index in [1.165, 1.54) is 38.3 Å². The number of nitrogens with two attached hydrogens (primary N) is 1. The molecule has 2 heterocycles. The van der Waals surface area contributed by atoms with E-state index in [0.717, 1.165) is 23.3 Å². The number of anilines is 1. The van der Waals surface area contributed by atoms with Crippen LogP contribution in [0.25, 0.3) is 0 Å². The van der Waals surface area contributed by atoms with Crippen LogP contribution < -0.4 is 27.0 Å². The highest BCUT2D eigenvalue weighted by atomic mass is 16.6. The molecule has 2 aliphatic rings. The van der Waals surface area contributed by atoms with Crippen LogP contribution in [0.5, 0.6) is 0 Å². The van der Waals surface area contributed by atoms with Crippen molar-refractivity contribution < 1.29 is 86.0 Å². The third-order valence-corrected chi connectivity index (χ3v) is 19.9. The third-order valence-electron chi connectivity index (χ3n) is 19.9. The lowest BCUT2D eigenvalue weighted by molar-refractivity contribution is -0.150. The molecule has 2 aliphatic heterocycles. The van der Waals surface area contributed by atoms with Gasteiger partial charge in [-0.25, -0.2) is 14.4 Å². The van der Waals surface area contributed by atoms with Crippen molar-refractivity contribution >= 4 is 76.7 Å². The minimum atomic E-state index is -0.987. The molecule has 2 aromatic rings. The van der Waals surface area contributed by atoms with Gasteiger partial charge >= 0.3 is 18.1 Å². The van der Waals surface area contributed by atoms with Gasteiger partial charge in [-0.1, -0.05) is 118 Å². The highest BCUT2D eigenvalue weighted by Gasteiger charge is 2.44. The number of ketones is 2. The molecule has 27 nitrogen and oxygen atoms in total. The first kappa shape index (κ1) is 89.3. The molecule has 0 aromatic heterocycles. The minimum Gasteiger partial charge on any atom is -0.464 e. The second kappa shape index (κ2) is 46.7. The molecule has 1 saturated heterocycles. The summed E-state index contributed by atoms with van der Waals surface area (Å²) in [6.45, 7) is 19.0. The Morgan fingerprint density at radius 3 is 1.94 bits per heavy atom. The van der Waals surface area contributed by atoms with Gasteiger partial charge in [0.25, 0.3) is 11.8 Å². The first-order valence-corrected chi connectivity index (χ1v) is 37.4. The number of imide groups is 1. The Labute approximate surface area is 621 Å². The van der Waals surface area contributed by atoms with Crippen LogP contribution in [0, 0.1) is 41.4 Å². The van der Waals surface area contributed by atoms with Gasteiger partial charge in [-0.3, -0.25) is 48.1 Å². The molecule has 0 unspecified atom stereocenters.